The van der Waals surface area contributed by atoms with Crippen molar-refractivity contribution in [2.75, 3.05) is 14.7 Å². The minimum absolute atomic E-state index is 0.481. The number of rotatable bonds is 18. The van der Waals surface area contributed by atoms with Crippen LogP contribution in [0.2, 0.25) is 0 Å². The van der Waals surface area contributed by atoms with Crippen molar-refractivity contribution in [3.8, 4) is 33.4 Å². The van der Waals surface area contributed by atoms with E-state index in [1.165, 1.54) is 328 Å². The molecule has 0 atom stereocenters. The molecule has 0 spiro atoms. The summed E-state index contributed by atoms with van der Waals surface area (Å²) in [6, 6.07) is 106. The highest BCUT2D eigenvalue weighted by Gasteiger charge is 2.31. The fourth-order valence-corrected chi connectivity index (χ4v) is 21.9. The molecule has 0 N–H and O–H groups in total. The third kappa shape index (κ3) is 15.9. The van der Waals surface area contributed by atoms with Crippen LogP contribution in [0.1, 0.15) is 236 Å². The third-order valence-corrected chi connectivity index (χ3v) is 27.9. The van der Waals surface area contributed by atoms with E-state index in [0.717, 1.165) is 6.42 Å². The Balaban J connectivity index is 0.720. The zero-order valence-electron chi connectivity index (χ0n) is 71.9. The zero-order chi connectivity index (χ0) is 80.9. The maximum atomic E-state index is 2.70. The molecule has 0 radical (unpaired) electrons. The third-order valence-electron chi connectivity index (χ3n) is 27.9. The Morgan fingerprint density at radius 1 is 0.218 bits per heavy atom. The molecule has 0 aliphatic heterocycles. The van der Waals surface area contributed by atoms with E-state index in [0.29, 0.717) is 23.7 Å². The molecular formula is C116H117N3. The molecule has 119 heavy (non-hydrogen) atoms. The van der Waals surface area contributed by atoms with Crippen LogP contribution in [0.25, 0.3) is 76.5 Å². The Morgan fingerprint density at radius 2 is 0.588 bits per heavy atom. The summed E-state index contributed by atoms with van der Waals surface area (Å²) >= 11 is 0. The van der Waals surface area contributed by atoms with Gasteiger partial charge in [-0.3, -0.25) is 0 Å². The summed E-state index contributed by atoms with van der Waals surface area (Å²) in [6.45, 7) is 20.2. The number of benzene rings is 15. The lowest BCUT2D eigenvalue weighted by Gasteiger charge is -2.32. The Morgan fingerprint density at radius 3 is 1.04 bits per heavy atom. The first-order valence-electron chi connectivity index (χ1n) is 45.4. The Kier molecular flexibility index (Phi) is 21.9. The van der Waals surface area contributed by atoms with E-state index in [9.17, 15) is 0 Å². The largest absolute Gasteiger partial charge is 0.310 e. The summed E-state index contributed by atoms with van der Waals surface area (Å²) in [5.41, 5.74) is 38.7. The highest BCUT2D eigenvalue weighted by Crippen LogP contribution is 2.54. The Bertz CT molecular complexity index is 6120. The van der Waals surface area contributed by atoms with Crippen molar-refractivity contribution < 1.29 is 0 Å². The number of hydrogen-bond acceptors (Lipinski definition) is 3. The van der Waals surface area contributed by atoms with Crippen LogP contribution in [0.3, 0.4) is 0 Å². The summed E-state index contributed by atoms with van der Waals surface area (Å²) in [5, 5.41) is 11.3. The van der Waals surface area contributed by atoms with E-state index < -0.39 is 0 Å². The second kappa shape index (κ2) is 33.5. The molecule has 3 nitrogen and oxygen atoms in total. The van der Waals surface area contributed by atoms with Crippen molar-refractivity contribution in [3.63, 3.8) is 0 Å². The van der Waals surface area contributed by atoms with Crippen LogP contribution in [0.4, 0.5) is 51.2 Å². The topological polar surface area (TPSA) is 9.72 Å². The average molecular weight is 1550 g/mol. The molecule has 4 aliphatic rings. The number of anilines is 9. The van der Waals surface area contributed by atoms with Crippen LogP contribution < -0.4 is 14.7 Å². The van der Waals surface area contributed by atoms with Crippen LogP contribution >= 0.6 is 0 Å². The van der Waals surface area contributed by atoms with Crippen LogP contribution in [0.5, 0.6) is 0 Å². The van der Waals surface area contributed by atoms with E-state index in [2.05, 4.69) is 344 Å². The van der Waals surface area contributed by atoms with Crippen molar-refractivity contribution in [1.82, 2.24) is 0 Å². The van der Waals surface area contributed by atoms with Gasteiger partial charge in [-0.1, -0.05) is 233 Å². The van der Waals surface area contributed by atoms with E-state index in [1.807, 2.05) is 0 Å². The summed E-state index contributed by atoms with van der Waals surface area (Å²) in [5.74, 6) is 1.99. The minimum atomic E-state index is 0.481. The molecule has 0 saturated heterocycles. The van der Waals surface area contributed by atoms with Gasteiger partial charge in [0.25, 0.3) is 0 Å². The minimum Gasteiger partial charge on any atom is -0.310 e. The van der Waals surface area contributed by atoms with Gasteiger partial charge in [-0.15, -0.1) is 0 Å². The van der Waals surface area contributed by atoms with Gasteiger partial charge >= 0.3 is 0 Å². The Labute approximate surface area is 708 Å². The molecular weight excluding hydrogens is 1440 g/mol. The molecule has 596 valence electrons. The predicted octanol–water partition coefficient (Wildman–Crippen LogP) is 34.3. The molecule has 4 fully saturated rings. The second-order valence-electron chi connectivity index (χ2n) is 36.8. The Hall–Kier alpha value is -11.3. The molecule has 0 aromatic heterocycles. The quantitative estimate of drug-likeness (QED) is 0.0793. The molecule has 15 aromatic carbocycles. The van der Waals surface area contributed by atoms with Crippen molar-refractivity contribution in [2.24, 2.45) is 0 Å². The van der Waals surface area contributed by atoms with Crippen molar-refractivity contribution in [3.05, 3.63) is 350 Å². The summed E-state index contributed by atoms with van der Waals surface area (Å²) in [6.07, 6.45) is 26.2. The van der Waals surface area contributed by atoms with Crippen molar-refractivity contribution in [2.45, 2.75) is 221 Å². The maximum Gasteiger partial charge on any atom is 0.0540 e. The van der Waals surface area contributed by atoms with Crippen molar-refractivity contribution >= 4 is 94.3 Å². The molecule has 0 heterocycles. The van der Waals surface area contributed by atoms with Crippen molar-refractivity contribution in [1.29, 1.82) is 0 Å². The van der Waals surface area contributed by atoms with Gasteiger partial charge in [-0.05, 0) is 410 Å². The number of nitrogens with zero attached hydrogens (tertiary/aromatic N) is 3. The number of fused-ring (bicyclic) bond motifs is 4. The smallest absolute Gasteiger partial charge is 0.0540 e. The van der Waals surface area contributed by atoms with Gasteiger partial charge < -0.3 is 14.7 Å². The normalized spacial score (nSPS) is 15.3. The lowest BCUT2D eigenvalue weighted by Crippen LogP contribution is -2.13. The fourth-order valence-electron chi connectivity index (χ4n) is 21.9. The molecule has 19 rings (SSSR count). The van der Waals surface area contributed by atoms with Gasteiger partial charge in [0.05, 0.1) is 5.69 Å². The molecule has 3 heteroatoms. The lowest BCUT2D eigenvalue weighted by atomic mass is 9.74. The van der Waals surface area contributed by atoms with Gasteiger partial charge in [-0.25, -0.2) is 0 Å². The van der Waals surface area contributed by atoms with E-state index in [-0.39, 0.29) is 0 Å². The molecule has 4 aliphatic carbocycles. The monoisotopic (exact) mass is 1550 g/mol. The second-order valence-corrected chi connectivity index (χ2v) is 36.8. The van der Waals surface area contributed by atoms with Gasteiger partial charge in [-0.2, -0.15) is 0 Å². The van der Waals surface area contributed by atoms with Gasteiger partial charge in [0.1, 0.15) is 0 Å². The molecule has 0 unspecified atom stereocenters. The first-order chi connectivity index (χ1) is 58.1. The average Bonchev–Trinajstić information content (AvgIpc) is 0.725. The molecule has 0 bridgehead atoms. The van der Waals surface area contributed by atoms with Gasteiger partial charge in [0, 0.05) is 50.9 Å². The summed E-state index contributed by atoms with van der Waals surface area (Å²) in [4.78, 5) is 7.63. The molecule has 15 aromatic rings. The maximum absolute atomic E-state index is 2.70. The van der Waals surface area contributed by atoms with Crippen LogP contribution in [-0.2, 0) is 6.42 Å². The predicted molar refractivity (Wildman–Crippen MR) is 512 cm³/mol. The van der Waals surface area contributed by atoms with Crippen LogP contribution in [-0.4, -0.2) is 0 Å². The fraction of sp³-hybridized carbons (Fsp3) is 0.293. The summed E-state index contributed by atoms with van der Waals surface area (Å²) in [7, 11) is 0. The first-order valence-corrected chi connectivity index (χ1v) is 45.4. The first kappa shape index (κ1) is 77.6. The molecule has 4 saturated carbocycles. The number of aryl methyl sites for hydroxylation is 9. The van der Waals surface area contributed by atoms with E-state index >= 15 is 0 Å². The highest BCUT2D eigenvalue weighted by molar-refractivity contribution is 6.13. The summed E-state index contributed by atoms with van der Waals surface area (Å²) < 4.78 is 0. The standard InChI is InChI=1S/C116H117N3/c1-75-30-41-85(42-31-75)92-68-93(70-94(69-92)105-57-56-103(86-22-14-10-15-23-86)109-74-111-110(73-108(105)109)104(87-24-16-11-17-25-87)58-59-114(111)119(101-62-79(5)60-80(6)63-101)102-64-81(7)61-82(8)65-102)90-43-38-83(9)91(67-90)66-84-39-50-98(51-40-84)118(97-48-36-78(4)37-49-97)100-53-55-107-113(72-100)116(89-28-20-13-21-29-89)106-54-52-99(71-112(106)115(107)88-26-18-12-19-27-88)117(95-44-32-76(2)33-45-95)96-46-34-77(3)35-47-96/h30-65,67-74,86-89H,10-29,66H2,1-9H3. The van der Waals surface area contributed by atoms with E-state index in [1.54, 1.807) is 11.1 Å². The molecule has 0 amide bonds. The lowest BCUT2D eigenvalue weighted by molar-refractivity contribution is 0.445. The van der Waals surface area contributed by atoms with Crippen LogP contribution in [0, 0.1) is 62.3 Å². The SMILES string of the molecule is Cc1ccc(-c2cc(-c3ccc(C)c(Cc4ccc(N(c5ccc(C)cc5)c5ccc6c(C7CCCCC7)c7cc(N(c8ccc(C)cc8)c8ccc(C)cc8)ccc7c(C7CCCCC7)c6c5)cc4)c3)cc(-c3ccc(C4CCCCC4)c4cc5c(N(c6cc(C)cc(C)c6)c6cc(C)cc(C)c6)ccc(C6CCCCC6)c5cc34)c2)cc1. The van der Waals surface area contributed by atoms with Crippen LogP contribution in [0.15, 0.2) is 267 Å². The van der Waals surface area contributed by atoms with Gasteiger partial charge in [0.15, 0.2) is 0 Å². The van der Waals surface area contributed by atoms with E-state index in [4.69, 9.17) is 0 Å². The highest BCUT2D eigenvalue weighted by atomic mass is 15.2. The zero-order valence-corrected chi connectivity index (χ0v) is 71.9. The van der Waals surface area contributed by atoms with Gasteiger partial charge in [0.2, 0.25) is 0 Å². The number of hydrogen-bond donors (Lipinski definition) is 0.